The SMILES string of the molecule is COc1c(C(=O)CCN)cc(Cl)c(C=O)c1OC. The van der Waals surface area contributed by atoms with Crippen LogP contribution in [0.3, 0.4) is 0 Å². The molecule has 18 heavy (non-hydrogen) atoms. The molecule has 0 bridgehead atoms. The number of hydrogen-bond donors (Lipinski definition) is 1. The summed E-state index contributed by atoms with van der Waals surface area (Å²) in [5.41, 5.74) is 5.75. The minimum absolute atomic E-state index is 0.142. The number of hydrogen-bond acceptors (Lipinski definition) is 5. The number of nitrogens with two attached hydrogens (primary N) is 1. The van der Waals surface area contributed by atoms with Crippen molar-refractivity contribution in [3.8, 4) is 11.5 Å². The molecular formula is C12H14ClNO4. The third-order valence-electron chi connectivity index (χ3n) is 2.42. The van der Waals surface area contributed by atoms with E-state index < -0.39 is 0 Å². The summed E-state index contributed by atoms with van der Waals surface area (Å²) in [6.45, 7) is 0.220. The Morgan fingerprint density at radius 3 is 2.44 bits per heavy atom. The van der Waals surface area contributed by atoms with Crippen LogP contribution in [0, 0.1) is 0 Å². The molecule has 0 aliphatic heterocycles. The molecular weight excluding hydrogens is 258 g/mol. The lowest BCUT2D eigenvalue weighted by molar-refractivity contribution is 0.0980. The fraction of sp³-hybridized carbons (Fsp3) is 0.333. The van der Waals surface area contributed by atoms with Gasteiger partial charge in [0.05, 0.1) is 30.4 Å². The van der Waals surface area contributed by atoms with Gasteiger partial charge in [0.25, 0.3) is 0 Å². The molecule has 0 spiro atoms. The molecule has 1 rings (SSSR count). The monoisotopic (exact) mass is 271 g/mol. The van der Waals surface area contributed by atoms with Crippen LogP contribution in [0.2, 0.25) is 5.02 Å². The first-order chi connectivity index (χ1) is 8.60. The summed E-state index contributed by atoms with van der Waals surface area (Å²) in [7, 11) is 2.76. The lowest BCUT2D eigenvalue weighted by atomic mass is 10.0. The second kappa shape index (κ2) is 6.37. The fourth-order valence-corrected chi connectivity index (χ4v) is 1.85. The van der Waals surface area contributed by atoms with E-state index in [1.807, 2.05) is 0 Å². The van der Waals surface area contributed by atoms with Crippen LogP contribution >= 0.6 is 11.6 Å². The fourth-order valence-electron chi connectivity index (χ4n) is 1.61. The summed E-state index contributed by atoms with van der Waals surface area (Å²) in [4.78, 5) is 22.8. The van der Waals surface area contributed by atoms with Crippen molar-refractivity contribution in [3.63, 3.8) is 0 Å². The van der Waals surface area contributed by atoms with Crippen LogP contribution in [-0.2, 0) is 0 Å². The molecule has 0 atom stereocenters. The van der Waals surface area contributed by atoms with Gasteiger partial charge < -0.3 is 15.2 Å². The first-order valence-electron chi connectivity index (χ1n) is 5.23. The Balaban J connectivity index is 3.48. The van der Waals surface area contributed by atoms with Gasteiger partial charge in [0, 0.05) is 6.42 Å². The zero-order chi connectivity index (χ0) is 13.7. The number of halogens is 1. The number of Topliss-reactive ketones (excluding diaryl/α,β-unsaturated/α-hetero) is 1. The van der Waals surface area contributed by atoms with Crippen LogP contribution in [0.1, 0.15) is 27.1 Å². The number of ether oxygens (including phenoxy) is 2. The molecule has 0 aromatic heterocycles. The molecule has 0 heterocycles. The van der Waals surface area contributed by atoms with E-state index in [4.69, 9.17) is 26.8 Å². The highest BCUT2D eigenvalue weighted by molar-refractivity contribution is 6.34. The van der Waals surface area contributed by atoms with E-state index in [-0.39, 0.29) is 46.4 Å². The van der Waals surface area contributed by atoms with E-state index in [1.54, 1.807) is 0 Å². The van der Waals surface area contributed by atoms with Crippen LogP contribution in [0.5, 0.6) is 11.5 Å². The maximum Gasteiger partial charge on any atom is 0.173 e. The van der Waals surface area contributed by atoms with E-state index in [9.17, 15) is 9.59 Å². The number of rotatable bonds is 6. The average molecular weight is 272 g/mol. The topological polar surface area (TPSA) is 78.6 Å². The largest absolute Gasteiger partial charge is 0.492 e. The molecule has 0 saturated heterocycles. The van der Waals surface area contributed by atoms with Crippen LogP contribution in [-0.4, -0.2) is 32.8 Å². The van der Waals surface area contributed by atoms with Crippen molar-refractivity contribution in [2.24, 2.45) is 5.73 Å². The first kappa shape index (κ1) is 14.5. The van der Waals surface area contributed by atoms with Crippen molar-refractivity contribution in [2.45, 2.75) is 6.42 Å². The van der Waals surface area contributed by atoms with Gasteiger partial charge in [0.2, 0.25) is 0 Å². The molecule has 0 unspecified atom stereocenters. The number of carbonyl (C=O) groups excluding carboxylic acids is 2. The maximum atomic E-state index is 11.9. The standard InChI is InChI=1S/C12H14ClNO4/c1-17-11-7(10(16)3-4-14)5-9(13)8(6-15)12(11)18-2/h5-6H,3-4,14H2,1-2H3. The van der Waals surface area contributed by atoms with E-state index in [0.717, 1.165) is 0 Å². The summed E-state index contributed by atoms with van der Waals surface area (Å²) in [6.07, 6.45) is 0.719. The van der Waals surface area contributed by atoms with Crippen LogP contribution in [0.15, 0.2) is 6.07 Å². The number of methoxy groups -OCH3 is 2. The molecule has 0 aliphatic rings. The van der Waals surface area contributed by atoms with Gasteiger partial charge in [0.1, 0.15) is 0 Å². The Morgan fingerprint density at radius 1 is 1.39 bits per heavy atom. The Morgan fingerprint density at radius 2 is 2.00 bits per heavy atom. The highest BCUT2D eigenvalue weighted by Crippen LogP contribution is 2.38. The second-order valence-corrected chi connectivity index (χ2v) is 3.87. The number of carbonyl (C=O) groups is 2. The second-order valence-electron chi connectivity index (χ2n) is 3.47. The van der Waals surface area contributed by atoms with Gasteiger partial charge in [0.15, 0.2) is 23.6 Å². The Kier molecular flexibility index (Phi) is 5.12. The summed E-state index contributed by atoms with van der Waals surface area (Å²) in [6, 6.07) is 1.39. The predicted molar refractivity (Wildman–Crippen MR) is 67.9 cm³/mol. The minimum Gasteiger partial charge on any atom is -0.492 e. The van der Waals surface area contributed by atoms with Crippen molar-refractivity contribution in [3.05, 3.63) is 22.2 Å². The smallest absolute Gasteiger partial charge is 0.173 e. The lowest BCUT2D eigenvalue weighted by Gasteiger charge is -2.14. The van der Waals surface area contributed by atoms with Crippen molar-refractivity contribution < 1.29 is 19.1 Å². The quantitative estimate of drug-likeness (QED) is 0.629. The van der Waals surface area contributed by atoms with E-state index in [2.05, 4.69) is 0 Å². The highest BCUT2D eigenvalue weighted by Gasteiger charge is 2.22. The van der Waals surface area contributed by atoms with Crippen LogP contribution in [0.25, 0.3) is 0 Å². The molecule has 6 heteroatoms. The summed E-state index contributed by atoms with van der Waals surface area (Å²) < 4.78 is 10.2. The lowest BCUT2D eigenvalue weighted by Crippen LogP contribution is -2.11. The molecule has 1 aromatic rings. The number of aldehydes is 1. The molecule has 0 radical (unpaired) electrons. The van der Waals surface area contributed by atoms with Gasteiger partial charge in [-0.2, -0.15) is 0 Å². The number of ketones is 1. The van der Waals surface area contributed by atoms with Gasteiger partial charge in [-0.15, -0.1) is 0 Å². The Labute approximate surface area is 110 Å². The molecule has 0 saturated carbocycles. The zero-order valence-corrected chi connectivity index (χ0v) is 10.9. The summed E-state index contributed by atoms with van der Waals surface area (Å²) >= 11 is 5.94. The third kappa shape index (κ3) is 2.63. The van der Waals surface area contributed by atoms with Crippen LogP contribution < -0.4 is 15.2 Å². The van der Waals surface area contributed by atoms with Gasteiger partial charge in [-0.05, 0) is 12.6 Å². The molecule has 0 aliphatic carbocycles. The van der Waals surface area contributed by atoms with E-state index in [0.29, 0.717) is 6.29 Å². The molecule has 2 N–H and O–H groups in total. The van der Waals surface area contributed by atoms with E-state index in [1.165, 1.54) is 20.3 Å². The Bertz CT molecular complexity index is 474. The first-order valence-corrected chi connectivity index (χ1v) is 5.61. The zero-order valence-electron chi connectivity index (χ0n) is 10.2. The van der Waals surface area contributed by atoms with Crippen molar-refractivity contribution in [2.75, 3.05) is 20.8 Å². The summed E-state index contributed by atoms with van der Waals surface area (Å²) in [5, 5.41) is 0.142. The van der Waals surface area contributed by atoms with Crippen molar-refractivity contribution in [1.29, 1.82) is 0 Å². The molecule has 0 fully saturated rings. The van der Waals surface area contributed by atoms with Gasteiger partial charge >= 0.3 is 0 Å². The highest BCUT2D eigenvalue weighted by atomic mass is 35.5. The minimum atomic E-state index is -0.216. The Hall–Kier alpha value is -1.59. The predicted octanol–water partition coefficient (Wildman–Crippen LogP) is 1.70. The maximum absolute atomic E-state index is 11.9. The van der Waals surface area contributed by atoms with Crippen molar-refractivity contribution >= 4 is 23.7 Å². The van der Waals surface area contributed by atoms with Gasteiger partial charge in [-0.1, -0.05) is 11.6 Å². The van der Waals surface area contributed by atoms with Crippen LogP contribution in [0.4, 0.5) is 0 Å². The van der Waals surface area contributed by atoms with Gasteiger partial charge in [-0.25, -0.2) is 0 Å². The molecule has 98 valence electrons. The molecule has 5 nitrogen and oxygen atoms in total. The van der Waals surface area contributed by atoms with Crippen molar-refractivity contribution in [1.82, 2.24) is 0 Å². The normalized spacial score (nSPS) is 10.0. The number of benzene rings is 1. The molecule has 1 aromatic carbocycles. The third-order valence-corrected chi connectivity index (χ3v) is 2.73. The van der Waals surface area contributed by atoms with Gasteiger partial charge in [-0.3, -0.25) is 9.59 Å². The molecule has 0 amide bonds. The summed E-state index contributed by atoms with van der Waals surface area (Å²) in [5.74, 6) is 0.134. The van der Waals surface area contributed by atoms with E-state index >= 15 is 0 Å². The average Bonchev–Trinajstić information content (AvgIpc) is 2.37.